The molecule has 0 aromatic heterocycles. The summed E-state index contributed by atoms with van der Waals surface area (Å²) in [5, 5.41) is 2.80. The van der Waals surface area contributed by atoms with E-state index >= 15 is 0 Å². The SMILES string of the molecule is COC(C)(C)CNC(=O)C(N)Cc1ccccc1.Cl. The van der Waals surface area contributed by atoms with Crippen molar-refractivity contribution < 1.29 is 9.53 Å². The van der Waals surface area contributed by atoms with Crippen molar-refractivity contribution in [2.45, 2.75) is 31.9 Å². The number of ether oxygens (including phenoxy) is 1. The van der Waals surface area contributed by atoms with E-state index in [1.807, 2.05) is 44.2 Å². The van der Waals surface area contributed by atoms with E-state index in [9.17, 15) is 4.79 Å². The van der Waals surface area contributed by atoms with Gasteiger partial charge in [-0.2, -0.15) is 0 Å². The average Bonchev–Trinajstić information content (AvgIpc) is 2.37. The van der Waals surface area contributed by atoms with E-state index in [0.29, 0.717) is 13.0 Å². The van der Waals surface area contributed by atoms with Crippen LogP contribution in [0.1, 0.15) is 19.4 Å². The van der Waals surface area contributed by atoms with Gasteiger partial charge in [-0.25, -0.2) is 0 Å². The number of carbonyl (C=O) groups is 1. The summed E-state index contributed by atoms with van der Waals surface area (Å²) in [5.74, 6) is -0.149. The van der Waals surface area contributed by atoms with Gasteiger partial charge in [-0.3, -0.25) is 4.79 Å². The van der Waals surface area contributed by atoms with Gasteiger partial charge < -0.3 is 15.8 Å². The Morgan fingerprint density at radius 2 is 1.95 bits per heavy atom. The molecule has 0 aliphatic rings. The molecule has 0 aliphatic heterocycles. The van der Waals surface area contributed by atoms with E-state index < -0.39 is 6.04 Å². The molecule has 1 amide bonds. The van der Waals surface area contributed by atoms with Gasteiger partial charge in [0.05, 0.1) is 11.6 Å². The molecular formula is C14H23ClN2O2. The van der Waals surface area contributed by atoms with Gasteiger partial charge in [0.15, 0.2) is 0 Å². The van der Waals surface area contributed by atoms with Crippen LogP contribution in [0.2, 0.25) is 0 Å². The molecule has 5 heteroatoms. The Kier molecular flexibility index (Phi) is 7.68. The van der Waals surface area contributed by atoms with Crippen molar-refractivity contribution in [2.75, 3.05) is 13.7 Å². The van der Waals surface area contributed by atoms with Crippen LogP contribution in [0.3, 0.4) is 0 Å². The number of hydrogen-bond donors (Lipinski definition) is 2. The smallest absolute Gasteiger partial charge is 0.237 e. The monoisotopic (exact) mass is 286 g/mol. The molecule has 0 bridgehead atoms. The Morgan fingerprint density at radius 3 is 2.47 bits per heavy atom. The second-order valence-corrected chi connectivity index (χ2v) is 4.98. The van der Waals surface area contributed by atoms with Crippen LogP contribution in [0, 0.1) is 0 Å². The van der Waals surface area contributed by atoms with Crippen LogP contribution in [-0.4, -0.2) is 31.2 Å². The summed E-state index contributed by atoms with van der Waals surface area (Å²) in [4.78, 5) is 11.8. The lowest BCUT2D eigenvalue weighted by Crippen LogP contribution is -2.47. The number of carbonyl (C=O) groups excluding carboxylic acids is 1. The third-order valence-electron chi connectivity index (χ3n) is 2.88. The molecule has 3 N–H and O–H groups in total. The van der Waals surface area contributed by atoms with Gasteiger partial charge in [0.1, 0.15) is 0 Å². The number of amides is 1. The number of nitrogens with two attached hydrogens (primary N) is 1. The van der Waals surface area contributed by atoms with E-state index in [-0.39, 0.29) is 23.9 Å². The fourth-order valence-electron chi connectivity index (χ4n) is 1.46. The lowest BCUT2D eigenvalue weighted by molar-refractivity contribution is -0.123. The predicted octanol–water partition coefficient (Wildman–Crippen LogP) is 1.52. The van der Waals surface area contributed by atoms with Crippen LogP contribution in [0.5, 0.6) is 0 Å². The lowest BCUT2D eigenvalue weighted by Gasteiger charge is -2.24. The molecular weight excluding hydrogens is 264 g/mol. The molecule has 0 saturated carbocycles. The first-order chi connectivity index (χ1) is 8.44. The third kappa shape index (κ3) is 6.57. The molecule has 0 fully saturated rings. The zero-order valence-electron chi connectivity index (χ0n) is 11.7. The highest BCUT2D eigenvalue weighted by molar-refractivity contribution is 5.85. The Balaban J connectivity index is 0.00000324. The number of benzene rings is 1. The first kappa shape index (κ1) is 17.9. The van der Waals surface area contributed by atoms with E-state index in [0.717, 1.165) is 5.56 Å². The van der Waals surface area contributed by atoms with Gasteiger partial charge in [0.25, 0.3) is 0 Å². The fourth-order valence-corrected chi connectivity index (χ4v) is 1.46. The van der Waals surface area contributed by atoms with Gasteiger partial charge in [-0.1, -0.05) is 30.3 Å². The Morgan fingerprint density at radius 1 is 1.37 bits per heavy atom. The molecule has 19 heavy (non-hydrogen) atoms. The summed E-state index contributed by atoms with van der Waals surface area (Å²) in [6.45, 7) is 4.27. The summed E-state index contributed by atoms with van der Waals surface area (Å²) < 4.78 is 5.23. The average molecular weight is 287 g/mol. The van der Waals surface area contributed by atoms with E-state index in [1.54, 1.807) is 7.11 Å². The van der Waals surface area contributed by atoms with Crippen LogP contribution in [0.25, 0.3) is 0 Å². The van der Waals surface area contributed by atoms with E-state index in [2.05, 4.69) is 5.32 Å². The molecule has 108 valence electrons. The van der Waals surface area contributed by atoms with Crippen molar-refractivity contribution in [3.63, 3.8) is 0 Å². The molecule has 1 unspecified atom stereocenters. The normalized spacial score (nSPS) is 12.4. The van der Waals surface area contributed by atoms with Crippen LogP contribution in [0.4, 0.5) is 0 Å². The molecule has 1 atom stereocenters. The van der Waals surface area contributed by atoms with Gasteiger partial charge in [0.2, 0.25) is 5.91 Å². The van der Waals surface area contributed by atoms with Gasteiger partial charge >= 0.3 is 0 Å². The molecule has 1 rings (SSSR count). The standard InChI is InChI=1S/C14H22N2O2.ClH/c1-14(2,18-3)10-16-13(17)12(15)9-11-7-5-4-6-8-11;/h4-8,12H,9-10,15H2,1-3H3,(H,16,17);1H. The largest absolute Gasteiger partial charge is 0.377 e. The first-order valence-corrected chi connectivity index (χ1v) is 6.07. The fraction of sp³-hybridized carbons (Fsp3) is 0.500. The lowest BCUT2D eigenvalue weighted by atomic mass is 10.1. The second-order valence-electron chi connectivity index (χ2n) is 4.98. The zero-order valence-corrected chi connectivity index (χ0v) is 12.5. The Hall–Kier alpha value is -1.10. The minimum atomic E-state index is -0.528. The van der Waals surface area contributed by atoms with Gasteiger partial charge in [0, 0.05) is 13.7 Å². The van der Waals surface area contributed by atoms with Crippen molar-refractivity contribution in [3.05, 3.63) is 35.9 Å². The second kappa shape index (κ2) is 8.15. The quantitative estimate of drug-likeness (QED) is 0.833. The number of rotatable bonds is 6. The Bertz CT molecular complexity index is 382. The molecule has 0 saturated heterocycles. The summed E-state index contributed by atoms with van der Waals surface area (Å²) in [6, 6.07) is 9.22. The molecule has 1 aromatic rings. The van der Waals surface area contributed by atoms with E-state index in [4.69, 9.17) is 10.5 Å². The Labute approximate surface area is 121 Å². The summed E-state index contributed by atoms with van der Waals surface area (Å²) >= 11 is 0. The van der Waals surface area contributed by atoms with Crippen LogP contribution < -0.4 is 11.1 Å². The number of nitrogens with one attached hydrogen (secondary N) is 1. The number of hydrogen-bond acceptors (Lipinski definition) is 3. The van der Waals surface area contributed by atoms with E-state index in [1.165, 1.54) is 0 Å². The van der Waals surface area contributed by atoms with Crippen LogP contribution >= 0.6 is 12.4 Å². The predicted molar refractivity (Wildman–Crippen MR) is 79.5 cm³/mol. The van der Waals surface area contributed by atoms with Crippen molar-refractivity contribution in [1.82, 2.24) is 5.32 Å². The van der Waals surface area contributed by atoms with Gasteiger partial charge in [-0.05, 0) is 25.8 Å². The maximum atomic E-state index is 11.8. The maximum Gasteiger partial charge on any atom is 0.237 e. The summed E-state index contributed by atoms with van der Waals surface area (Å²) in [7, 11) is 1.62. The number of methoxy groups -OCH3 is 1. The first-order valence-electron chi connectivity index (χ1n) is 6.07. The highest BCUT2D eigenvalue weighted by Crippen LogP contribution is 2.05. The van der Waals surface area contributed by atoms with Crippen molar-refractivity contribution in [1.29, 1.82) is 0 Å². The molecule has 0 radical (unpaired) electrons. The molecule has 1 aromatic carbocycles. The zero-order chi connectivity index (χ0) is 13.6. The topological polar surface area (TPSA) is 64.3 Å². The maximum absolute atomic E-state index is 11.8. The molecule has 0 aliphatic carbocycles. The third-order valence-corrected chi connectivity index (χ3v) is 2.88. The minimum Gasteiger partial charge on any atom is -0.377 e. The molecule has 0 heterocycles. The highest BCUT2D eigenvalue weighted by Gasteiger charge is 2.20. The van der Waals surface area contributed by atoms with Crippen LogP contribution in [0.15, 0.2) is 30.3 Å². The van der Waals surface area contributed by atoms with Crippen molar-refractivity contribution in [2.24, 2.45) is 5.73 Å². The van der Waals surface area contributed by atoms with Crippen molar-refractivity contribution in [3.8, 4) is 0 Å². The summed E-state index contributed by atoms with van der Waals surface area (Å²) in [6.07, 6.45) is 0.542. The number of halogens is 1. The van der Waals surface area contributed by atoms with Crippen molar-refractivity contribution >= 4 is 18.3 Å². The highest BCUT2D eigenvalue weighted by atomic mass is 35.5. The minimum absolute atomic E-state index is 0. The molecule has 4 nitrogen and oxygen atoms in total. The van der Waals surface area contributed by atoms with Gasteiger partial charge in [-0.15, -0.1) is 12.4 Å². The molecule has 0 spiro atoms. The van der Waals surface area contributed by atoms with Crippen LogP contribution in [-0.2, 0) is 16.0 Å². The summed E-state index contributed by atoms with van der Waals surface area (Å²) in [5.41, 5.74) is 6.56.